The van der Waals surface area contributed by atoms with E-state index >= 15 is 0 Å². The van der Waals surface area contributed by atoms with Gasteiger partial charge in [0, 0.05) is 17.6 Å². The van der Waals surface area contributed by atoms with Crippen molar-refractivity contribution in [1.29, 1.82) is 0 Å². The highest BCUT2D eigenvalue weighted by Gasteiger charge is 2.12. The lowest BCUT2D eigenvalue weighted by Gasteiger charge is -2.07. The van der Waals surface area contributed by atoms with Crippen molar-refractivity contribution >= 4 is 22.8 Å². The summed E-state index contributed by atoms with van der Waals surface area (Å²) >= 11 is 0. The number of rotatable bonds is 6. The molecular weight excluding hydrogens is 322 g/mol. The summed E-state index contributed by atoms with van der Waals surface area (Å²) in [7, 11) is 0. The second-order valence-electron chi connectivity index (χ2n) is 5.86. The fourth-order valence-electron chi connectivity index (χ4n) is 2.37. The van der Waals surface area contributed by atoms with E-state index in [1.54, 1.807) is 29.1 Å². The van der Waals surface area contributed by atoms with Crippen LogP contribution in [0.25, 0.3) is 11.0 Å². The molecule has 3 aromatic rings. The van der Waals surface area contributed by atoms with Crippen LogP contribution in [0.3, 0.4) is 0 Å². The van der Waals surface area contributed by atoms with Crippen molar-refractivity contribution in [3.63, 3.8) is 0 Å². The van der Waals surface area contributed by atoms with E-state index in [0.29, 0.717) is 11.3 Å². The SMILES string of the molecule is CC(C)n1ncc2cc(C(=O)NCC(=O)NCc3ccco3)cnc21. The van der Waals surface area contributed by atoms with Gasteiger partial charge in [-0.15, -0.1) is 0 Å². The highest BCUT2D eigenvalue weighted by Crippen LogP contribution is 2.16. The minimum absolute atomic E-state index is 0.122. The third kappa shape index (κ3) is 3.85. The minimum Gasteiger partial charge on any atom is -0.467 e. The fraction of sp³-hybridized carbons (Fsp3) is 0.294. The average molecular weight is 341 g/mol. The van der Waals surface area contributed by atoms with Crippen LogP contribution in [0.2, 0.25) is 0 Å². The van der Waals surface area contributed by atoms with Gasteiger partial charge in [-0.1, -0.05) is 0 Å². The van der Waals surface area contributed by atoms with Gasteiger partial charge < -0.3 is 15.1 Å². The predicted octanol–water partition coefficient (Wildman–Crippen LogP) is 1.65. The van der Waals surface area contributed by atoms with Crippen LogP contribution in [0.15, 0.2) is 41.3 Å². The largest absolute Gasteiger partial charge is 0.467 e. The number of hydrogen-bond donors (Lipinski definition) is 2. The van der Waals surface area contributed by atoms with Crippen molar-refractivity contribution in [2.75, 3.05) is 6.54 Å². The smallest absolute Gasteiger partial charge is 0.253 e. The van der Waals surface area contributed by atoms with Crippen LogP contribution in [0, 0.1) is 0 Å². The molecule has 0 atom stereocenters. The number of hydrogen-bond acceptors (Lipinski definition) is 5. The number of fused-ring (bicyclic) bond motifs is 1. The second-order valence-corrected chi connectivity index (χ2v) is 5.86. The van der Waals surface area contributed by atoms with Gasteiger partial charge in [-0.25, -0.2) is 9.67 Å². The predicted molar refractivity (Wildman–Crippen MR) is 90.8 cm³/mol. The van der Waals surface area contributed by atoms with Crippen molar-refractivity contribution in [3.8, 4) is 0 Å². The summed E-state index contributed by atoms with van der Waals surface area (Å²) in [4.78, 5) is 28.3. The molecule has 25 heavy (non-hydrogen) atoms. The van der Waals surface area contributed by atoms with Gasteiger partial charge in [0.25, 0.3) is 5.91 Å². The molecule has 0 aliphatic heterocycles. The lowest BCUT2D eigenvalue weighted by molar-refractivity contribution is -0.120. The van der Waals surface area contributed by atoms with Gasteiger partial charge in [-0.2, -0.15) is 5.10 Å². The van der Waals surface area contributed by atoms with Crippen LogP contribution in [0.5, 0.6) is 0 Å². The van der Waals surface area contributed by atoms with Crippen molar-refractivity contribution in [3.05, 3.63) is 48.2 Å². The van der Waals surface area contributed by atoms with Crippen LogP contribution < -0.4 is 10.6 Å². The number of furan rings is 1. The van der Waals surface area contributed by atoms with E-state index in [2.05, 4.69) is 20.7 Å². The summed E-state index contributed by atoms with van der Waals surface area (Å²) in [5.74, 6) is -0.0113. The summed E-state index contributed by atoms with van der Waals surface area (Å²) in [6.07, 6.45) is 4.70. The Morgan fingerprint density at radius 1 is 1.28 bits per heavy atom. The number of amides is 2. The van der Waals surface area contributed by atoms with Gasteiger partial charge in [0.1, 0.15) is 5.76 Å². The van der Waals surface area contributed by atoms with Crippen molar-refractivity contribution in [1.82, 2.24) is 25.4 Å². The number of pyridine rings is 1. The lowest BCUT2D eigenvalue weighted by atomic mass is 10.2. The third-order valence-corrected chi connectivity index (χ3v) is 3.63. The van der Waals surface area contributed by atoms with Crippen LogP contribution in [0.1, 0.15) is 36.0 Å². The van der Waals surface area contributed by atoms with E-state index in [1.807, 2.05) is 13.8 Å². The summed E-state index contributed by atoms with van der Waals surface area (Å²) in [5.41, 5.74) is 1.11. The van der Waals surface area contributed by atoms with Gasteiger partial charge in [-0.05, 0) is 32.0 Å². The van der Waals surface area contributed by atoms with E-state index in [0.717, 1.165) is 11.0 Å². The Bertz CT molecular complexity index is 883. The molecule has 0 aromatic carbocycles. The van der Waals surface area contributed by atoms with Crippen LogP contribution in [0.4, 0.5) is 0 Å². The lowest BCUT2D eigenvalue weighted by Crippen LogP contribution is -2.36. The zero-order valence-corrected chi connectivity index (χ0v) is 14.0. The zero-order chi connectivity index (χ0) is 17.8. The van der Waals surface area contributed by atoms with Gasteiger partial charge in [0.05, 0.1) is 31.1 Å². The minimum atomic E-state index is -0.361. The summed E-state index contributed by atoms with van der Waals surface area (Å²) in [6.45, 7) is 4.18. The molecule has 0 saturated heterocycles. The Kier molecular flexibility index (Phi) is 4.78. The monoisotopic (exact) mass is 341 g/mol. The quantitative estimate of drug-likeness (QED) is 0.710. The first-order valence-corrected chi connectivity index (χ1v) is 7.95. The molecule has 130 valence electrons. The Hall–Kier alpha value is -3.16. The summed E-state index contributed by atoms with van der Waals surface area (Å²) in [5, 5.41) is 10.3. The molecule has 0 radical (unpaired) electrons. The standard InChI is InChI=1S/C17H19N5O3/c1-11(2)22-16-12(8-21-22)6-13(7-19-16)17(24)20-10-15(23)18-9-14-4-3-5-25-14/h3-8,11H,9-10H2,1-2H3,(H,18,23)(H,20,24). The molecule has 8 heteroatoms. The number of carbonyl (C=O) groups is 2. The van der Waals surface area contributed by atoms with Crippen LogP contribution in [-0.4, -0.2) is 33.1 Å². The third-order valence-electron chi connectivity index (χ3n) is 3.63. The van der Waals surface area contributed by atoms with Crippen molar-refractivity contribution in [2.24, 2.45) is 0 Å². The normalized spacial score (nSPS) is 11.0. The molecule has 0 aliphatic carbocycles. The number of nitrogens with zero attached hydrogens (tertiary/aromatic N) is 3. The maximum Gasteiger partial charge on any atom is 0.253 e. The van der Waals surface area contributed by atoms with E-state index in [1.165, 1.54) is 12.5 Å². The highest BCUT2D eigenvalue weighted by atomic mass is 16.3. The first-order valence-electron chi connectivity index (χ1n) is 7.95. The Labute approximate surface area is 144 Å². The molecule has 0 bridgehead atoms. The molecule has 0 unspecified atom stereocenters. The Morgan fingerprint density at radius 2 is 2.12 bits per heavy atom. The first-order chi connectivity index (χ1) is 12.0. The van der Waals surface area contributed by atoms with Crippen molar-refractivity contribution < 1.29 is 14.0 Å². The Morgan fingerprint density at radius 3 is 2.84 bits per heavy atom. The zero-order valence-electron chi connectivity index (χ0n) is 14.0. The average Bonchev–Trinajstić information content (AvgIpc) is 3.26. The molecule has 8 nitrogen and oxygen atoms in total. The molecular formula is C17H19N5O3. The molecule has 0 fully saturated rings. The van der Waals surface area contributed by atoms with E-state index < -0.39 is 0 Å². The van der Waals surface area contributed by atoms with Crippen LogP contribution >= 0.6 is 0 Å². The first kappa shape index (κ1) is 16.7. The topological polar surface area (TPSA) is 102 Å². The molecule has 3 heterocycles. The molecule has 3 rings (SSSR count). The molecule has 3 aromatic heterocycles. The fourth-order valence-corrected chi connectivity index (χ4v) is 2.37. The number of nitrogens with one attached hydrogen (secondary N) is 2. The van der Waals surface area contributed by atoms with Gasteiger partial charge in [0.15, 0.2) is 5.65 Å². The maximum absolute atomic E-state index is 12.2. The number of aromatic nitrogens is 3. The van der Waals surface area contributed by atoms with E-state index in [-0.39, 0.29) is 30.9 Å². The molecule has 2 N–H and O–H groups in total. The van der Waals surface area contributed by atoms with E-state index in [4.69, 9.17) is 4.42 Å². The van der Waals surface area contributed by atoms with Gasteiger partial charge >= 0.3 is 0 Å². The van der Waals surface area contributed by atoms with Gasteiger partial charge in [0.2, 0.25) is 5.91 Å². The van der Waals surface area contributed by atoms with Crippen LogP contribution in [-0.2, 0) is 11.3 Å². The highest BCUT2D eigenvalue weighted by molar-refractivity contribution is 5.98. The number of carbonyl (C=O) groups excluding carboxylic acids is 2. The Balaban J connectivity index is 1.57. The van der Waals surface area contributed by atoms with Gasteiger partial charge in [-0.3, -0.25) is 9.59 Å². The summed E-state index contributed by atoms with van der Waals surface area (Å²) in [6, 6.07) is 5.40. The molecule has 0 spiro atoms. The molecule has 2 amide bonds. The second kappa shape index (κ2) is 7.16. The molecule has 0 aliphatic rings. The maximum atomic E-state index is 12.2. The summed E-state index contributed by atoms with van der Waals surface area (Å²) < 4.78 is 6.91. The van der Waals surface area contributed by atoms with Crippen molar-refractivity contribution in [2.45, 2.75) is 26.4 Å². The van der Waals surface area contributed by atoms with E-state index in [9.17, 15) is 9.59 Å². The molecule has 0 saturated carbocycles.